The summed E-state index contributed by atoms with van der Waals surface area (Å²) in [6.07, 6.45) is 0. The van der Waals surface area contributed by atoms with E-state index >= 15 is 0 Å². The van der Waals surface area contributed by atoms with Gasteiger partial charge in [0, 0.05) is 28.4 Å². The lowest BCUT2D eigenvalue weighted by atomic mass is 10.1. The molecule has 1 aromatic heterocycles. The van der Waals surface area contributed by atoms with Crippen LogP contribution in [0.2, 0.25) is 5.02 Å². The van der Waals surface area contributed by atoms with Crippen LogP contribution in [0.5, 0.6) is 0 Å². The predicted molar refractivity (Wildman–Crippen MR) is 90.2 cm³/mol. The van der Waals surface area contributed by atoms with Gasteiger partial charge in [0.05, 0.1) is 4.92 Å². The van der Waals surface area contributed by atoms with E-state index in [9.17, 15) is 14.9 Å². The van der Waals surface area contributed by atoms with E-state index < -0.39 is 10.8 Å². The third kappa shape index (κ3) is 3.44. The van der Waals surface area contributed by atoms with Crippen molar-refractivity contribution < 1.29 is 14.1 Å². The monoisotopic (exact) mass is 342 g/mol. The Balaban J connectivity index is 1.75. The van der Waals surface area contributed by atoms with E-state index in [1.807, 2.05) is 0 Å². The highest BCUT2D eigenvalue weighted by atomic mass is 35.5. The SMILES string of the molecule is O=C(Nc1ccc(Cl)cc1)c1ccc(-c2ccc([N+](=O)[O-])cc2)o1. The van der Waals surface area contributed by atoms with Crippen molar-refractivity contribution in [1.29, 1.82) is 0 Å². The molecule has 1 N–H and O–H groups in total. The number of carbonyl (C=O) groups excluding carboxylic acids is 1. The van der Waals surface area contributed by atoms with E-state index in [1.165, 1.54) is 12.1 Å². The second-order valence-electron chi connectivity index (χ2n) is 4.93. The molecule has 2 aromatic carbocycles. The Labute approximate surface area is 141 Å². The van der Waals surface area contributed by atoms with Crippen LogP contribution in [0.3, 0.4) is 0 Å². The Hall–Kier alpha value is -3.12. The van der Waals surface area contributed by atoms with Crippen LogP contribution in [-0.2, 0) is 0 Å². The molecule has 3 rings (SSSR count). The highest BCUT2D eigenvalue weighted by Gasteiger charge is 2.13. The van der Waals surface area contributed by atoms with E-state index in [0.717, 1.165) is 0 Å². The highest BCUT2D eigenvalue weighted by molar-refractivity contribution is 6.30. The molecule has 0 aliphatic carbocycles. The van der Waals surface area contributed by atoms with Crippen molar-refractivity contribution in [2.75, 3.05) is 5.32 Å². The minimum absolute atomic E-state index is 0.00832. The fourth-order valence-corrected chi connectivity index (χ4v) is 2.21. The molecule has 24 heavy (non-hydrogen) atoms. The summed E-state index contributed by atoms with van der Waals surface area (Å²) in [4.78, 5) is 22.3. The van der Waals surface area contributed by atoms with Crippen molar-refractivity contribution in [3.05, 3.63) is 81.6 Å². The van der Waals surface area contributed by atoms with Gasteiger partial charge < -0.3 is 9.73 Å². The number of rotatable bonds is 4. The van der Waals surface area contributed by atoms with Crippen molar-refractivity contribution in [1.82, 2.24) is 0 Å². The number of nitro groups is 1. The highest BCUT2D eigenvalue weighted by Crippen LogP contribution is 2.25. The summed E-state index contributed by atoms with van der Waals surface area (Å²) >= 11 is 5.79. The van der Waals surface area contributed by atoms with Gasteiger partial charge >= 0.3 is 0 Å². The third-order valence-electron chi connectivity index (χ3n) is 3.29. The van der Waals surface area contributed by atoms with Gasteiger partial charge in [0.25, 0.3) is 11.6 Å². The number of furan rings is 1. The van der Waals surface area contributed by atoms with Crippen LogP contribution < -0.4 is 5.32 Å². The number of hydrogen-bond donors (Lipinski definition) is 1. The van der Waals surface area contributed by atoms with Gasteiger partial charge in [-0.1, -0.05) is 11.6 Å². The molecular weight excluding hydrogens is 332 g/mol. The second-order valence-corrected chi connectivity index (χ2v) is 5.37. The van der Waals surface area contributed by atoms with Crippen LogP contribution in [0, 0.1) is 10.1 Å². The van der Waals surface area contributed by atoms with Crippen molar-refractivity contribution in [2.24, 2.45) is 0 Å². The third-order valence-corrected chi connectivity index (χ3v) is 3.55. The number of non-ortho nitro benzene ring substituents is 1. The Morgan fingerprint density at radius 1 is 1.00 bits per heavy atom. The van der Waals surface area contributed by atoms with Crippen molar-refractivity contribution in [2.45, 2.75) is 0 Å². The number of carbonyl (C=O) groups is 1. The maximum atomic E-state index is 12.2. The lowest BCUT2D eigenvalue weighted by Gasteiger charge is -2.03. The van der Waals surface area contributed by atoms with Crippen LogP contribution in [0.15, 0.2) is 65.1 Å². The molecule has 0 aliphatic heterocycles. The Morgan fingerprint density at radius 3 is 2.29 bits per heavy atom. The largest absolute Gasteiger partial charge is 0.451 e. The van der Waals surface area contributed by atoms with Gasteiger partial charge in [-0.3, -0.25) is 14.9 Å². The zero-order valence-electron chi connectivity index (χ0n) is 12.2. The van der Waals surface area contributed by atoms with Gasteiger partial charge in [-0.25, -0.2) is 0 Å². The molecule has 0 radical (unpaired) electrons. The summed E-state index contributed by atoms with van der Waals surface area (Å²) < 4.78 is 5.52. The van der Waals surface area contributed by atoms with E-state index in [1.54, 1.807) is 48.5 Å². The molecule has 0 saturated heterocycles. The maximum Gasteiger partial charge on any atom is 0.291 e. The molecule has 1 amide bonds. The Morgan fingerprint density at radius 2 is 1.67 bits per heavy atom. The lowest BCUT2D eigenvalue weighted by molar-refractivity contribution is -0.384. The number of benzene rings is 2. The van der Waals surface area contributed by atoms with Crippen LogP contribution >= 0.6 is 11.6 Å². The molecule has 0 saturated carbocycles. The van der Waals surface area contributed by atoms with Crippen molar-refractivity contribution in [3.8, 4) is 11.3 Å². The number of nitrogens with one attached hydrogen (secondary N) is 1. The normalized spacial score (nSPS) is 10.4. The Kier molecular flexibility index (Phi) is 4.31. The fourth-order valence-electron chi connectivity index (χ4n) is 2.09. The smallest absolute Gasteiger partial charge is 0.291 e. The Bertz CT molecular complexity index is 886. The first-order valence-electron chi connectivity index (χ1n) is 6.94. The summed E-state index contributed by atoms with van der Waals surface area (Å²) in [6.45, 7) is 0. The van der Waals surface area contributed by atoms with Gasteiger partial charge in [0.15, 0.2) is 5.76 Å². The fraction of sp³-hybridized carbons (Fsp3) is 0. The minimum atomic E-state index is -0.475. The predicted octanol–water partition coefficient (Wildman–Crippen LogP) is 4.76. The molecule has 7 heteroatoms. The van der Waals surface area contributed by atoms with Crippen LogP contribution in [0.25, 0.3) is 11.3 Å². The molecule has 0 unspecified atom stereocenters. The molecule has 6 nitrogen and oxygen atoms in total. The average Bonchev–Trinajstić information content (AvgIpc) is 3.07. The first-order chi connectivity index (χ1) is 11.5. The zero-order valence-corrected chi connectivity index (χ0v) is 13.0. The van der Waals surface area contributed by atoms with E-state index in [4.69, 9.17) is 16.0 Å². The quantitative estimate of drug-likeness (QED) is 0.547. The van der Waals surface area contributed by atoms with Gasteiger partial charge in [0.1, 0.15) is 5.76 Å². The molecular formula is C17H11ClN2O4. The van der Waals surface area contributed by atoms with E-state index in [2.05, 4.69) is 5.32 Å². The number of anilines is 1. The van der Waals surface area contributed by atoms with Crippen LogP contribution in [0.4, 0.5) is 11.4 Å². The van der Waals surface area contributed by atoms with Gasteiger partial charge in [-0.2, -0.15) is 0 Å². The number of amides is 1. The molecule has 3 aromatic rings. The van der Waals surface area contributed by atoms with Gasteiger partial charge in [-0.05, 0) is 48.5 Å². The standard InChI is InChI=1S/C17H11ClN2O4/c18-12-3-5-13(6-4-12)19-17(21)16-10-9-15(24-16)11-1-7-14(8-2-11)20(22)23/h1-10H,(H,19,21). The average molecular weight is 343 g/mol. The summed E-state index contributed by atoms with van der Waals surface area (Å²) in [5.41, 5.74) is 1.23. The molecule has 0 atom stereocenters. The summed E-state index contributed by atoms with van der Waals surface area (Å²) in [7, 11) is 0. The number of halogens is 1. The number of hydrogen-bond acceptors (Lipinski definition) is 4. The molecule has 0 bridgehead atoms. The first-order valence-corrected chi connectivity index (χ1v) is 7.32. The van der Waals surface area contributed by atoms with Gasteiger partial charge in [0.2, 0.25) is 0 Å². The topological polar surface area (TPSA) is 85.4 Å². The number of nitro benzene ring substituents is 1. The van der Waals surface area contributed by atoms with Crippen LogP contribution in [0.1, 0.15) is 10.6 Å². The summed E-state index contributed by atoms with van der Waals surface area (Å²) in [5.74, 6) is 0.190. The molecule has 0 spiro atoms. The maximum absolute atomic E-state index is 12.2. The van der Waals surface area contributed by atoms with Crippen molar-refractivity contribution >= 4 is 28.9 Å². The zero-order chi connectivity index (χ0) is 17.1. The van der Waals surface area contributed by atoms with Crippen LogP contribution in [-0.4, -0.2) is 10.8 Å². The van der Waals surface area contributed by atoms with E-state index in [-0.39, 0.29) is 11.4 Å². The molecule has 0 aliphatic rings. The second kappa shape index (κ2) is 6.55. The first kappa shape index (κ1) is 15.8. The van der Waals surface area contributed by atoms with Crippen molar-refractivity contribution in [3.63, 3.8) is 0 Å². The summed E-state index contributed by atoms with van der Waals surface area (Å²) in [6, 6.07) is 15.8. The lowest BCUT2D eigenvalue weighted by Crippen LogP contribution is -2.10. The molecule has 1 heterocycles. The molecule has 120 valence electrons. The number of nitrogens with zero attached hydrogens (tertiary/aromatic N) is 1. The molecule has 0 fully saturated rings. The summed E-state index contributed by atoms with van der Waals surface area (Å²) in [5, 5.41) is 13.9. The van der Waals surface area contributed by atoms with E-state index in [0.29, 0.717) is 22.0 Å². The van der Waals surface area contributed by atoms with Gasteiger partial charge in [-0.15, -0.1) is 0 Å². The minimum Gasteiger partial charge on any atom is -0.451 e.